The van der Waals surface area contributed by atoms with Gasteiger partial charge >= 0.3 is 0 Å². The molecule has 0 heterocycles. The molecule has 0 amide bonds. The average Bonchev–Trinajstić information content (AvgIpc) is 2.44. The Hall–Kier alpha value is -1.26. The van der Waals surface area contributed by atoms with Gasteiger partial charge in [-0.15, -0.1) is 0 Å². The summed E-state index contributed by atoms with van der Waals surface area (Å²) in [5.41, 5.74) is 0.930. The number of aliphatic hydroxyl groups is 1. The molecule has 1 atom stereocenters. The summed E-state index contributed by atoms with van der Waals surface area (Å²) in [6.07, 6.45) is 1.81. The van der Waals surface area contributed by atoms with Crippen LogP contribution in [0.1, 0.15) is 26.7 Å². The molecule has 1 rings (SSSR count). The Balaban J connectivity index is 2.39. The summed E-state index contributed by atoms with van der Waals surface area (Å²) in [6, 6.07) is 8.07. The van der Waals surface area contributed by atoms with E-state index in [9.17, 15) is 5.11 Å². The highest BCUT2D eigenvalue weighted by molar-refractivity contribution is 5.49. The fraction of sp³-hybridized carbons (Fsp3) is 0.625. The van der Waals surface area contributed by atoms with Crippen molar-refractivity contribution < 1.29 is 9.84 Å². The van der Waals surface area contributed by atoms with E-state index in [2.05, 4.69) is 23.2 Å². The minimum atomic E-state index is -0.205. The summed E-state index contributed by atoms with van der Waals surface area (Å²) in [5, 5.41) is 12.7. The number of anilines is 1. The second kappa shape index (κ2) is 8.12. The topological polar surface area (TPSA) is 44.7 Å². The van der Waals surface area contributed by atoms with Crippen LogP contribution >= 0.6 is 0 Å². The Morgan fingerprint density at radius 1 is 1.35 bits per heavy atom. The van der Waals surface area contributed by atoms with E-state index in [1.807, 2.05) is 39.2 Å². The van der Waals surface area contributed by atoms with Gasteiger partial charge in [0, 0.05) is 31.4 Å². The van der Waals surface area contributed by atoms with Crippen LogP contribution in [0.4, 0.5) is 5.69 Å². The van der Waals surface area contributed by atoms with Crippen LogP contribution in [-0.4, -0.2) is 44.5 Å². The average molecular weight is 280 g/mol. The molecular weight excluding hydrogens is 252 g/mol. The maximum absolute atomic E-state index is 9.42. The standard InChI is InChI=1S/C16H28N2O2/c1-5-17-16(2,13-19)10-7-11-20-15-9-6-8-14(12-15)18(3)4/h6,8-9,12,17,19H,5,7,10-11,13H2,1-4H3. The van der Waals surface area contributed by atoms with E-state index in [4.69, 9.17) is 4.74 Å². The first-order valence-electron chi connectivity index (χ1n) is 7.27. The third-order valence-electron chi connectivity index (χ3n) is 3.43. The minimum absolute atomic E-state index is 0.150. The smallest absolute Gasteiger partial charge is 0.121 e. The first-order valence-corrected chi connectivity index (χ1v) is 7.27. The van der Waals surface area contributed by atoms with Gasteiger partial charge in [-0.05, 0) is 38.4 Å². The zero-order valence-corrected chi connectivity index (χ0v) is 13.1. The monoisotopic (exact) mass is 280 g/mol. The third-order valence-corrected chi connectivity index (χ3v) is 3.43. The van der Waals surface area contributed by atoms with E-state index in [1.54, 1.807) is 0 Å². The maximum Gasteiger partial charge on any atom is 0.121 e. The highest BCUT2D eigenvalue weighted by Gasteiger charge is 2.20. The largest absolute Gasteiger partial charge is 0.494 e. The second-order valence-corrected chi connectivity index (χ2v) is 5.59. The summed E-state index contributed by atoms with van der Waals surface area (Å²) in [4.78, 5) is 2.06. The molecule has 0 bridgehead atoms. The van der Waals surface area contributed by atoms with Crippen molar-refractivity contribution in [1.29, 1.82) is 0 Å². The number of hydrogen-bond donors (Lipinski definition) is 2. The predicted molar refractivity (Wildman–Crippen MR) is 84.7 cm³/mol. The Morgan fingerprint density at radius 3 is 2.70 bits per heavy atom. The highest BCUT2D eigenvalue weighted by Crippen LogP contribution is 2.20. The van der Waals surface area contributed by atoms with E-state index in [-0.39, 0.29) is 12.1 Å². The van der Waals surface area contributed by atoms with Crippen LogP contribution in [0.15, 0.2) is 24.3 Å². The van der Waals surface area contributed by atoms with Gasteiger partial charge in [-0.3, -0.25) is 0 Å². The number of hydrogen-bond acceptors (Lipinski definition) is 4. The number of nitrogens with one attached hydrogen (secondary N) is 1. The Kier molecular flexibility index (Phi) is 6.82. The van der Waals surface area contributed by atoms with Crippen LogP contribution in [0.5, 0.6) is 5.75 Å². The Bertz CT molecular complexity index is 396. The van der Waals surface area contributed by atoms with Gasteiger partial charge in [0.2, 0.25) is 0 Å². The van der Waals surface area contributed by atoms with Crippen molar-refractivity contribution in [2.45, 2.75) is 32.2 Å². The molecule has 2 N–H and O–H groups in total. The number of nitrogens with zero attached hydrogens (tertiary/aromatic N) is 1. The molecule has 0 fully saturated rings. The molecule has 0 aliphatic rings. The molecule has 0 saturated heterocycles. The lowest BCUT2D eigenvalue weighted by molar-refractivity contribution is 0.158. The summed E-state index contributed by atoms with van der Waals surface area (Å²) in [6.45, 7) is 5.78. The van der Waals surface area contributed by atoms with E-state index in [0.717, 1.165) is 30.8 Å². The van der Waals surface area contributed by atoms with Gasteiger partial charge in [0.25, 0.3) is 0 Å². The van der Waals surface area contributed by atoms with Crippen LogP contribution in [0.25, 0.3) is 0 Å². The van der Waals surface area contributed by atoms with Gasteiger partial charge in [0.05, 0.1) is 13.2 Å². The molecule has 20 heavy (non-hydrogen) atoms. The first kappa shape index (κ1) is 16.8. The van der Waals surface area contributed by atoms with Crippen molar-refractivity contribution in [2.24, 2.45) is 0 Å². The van der Waals surface area contributed by atoms with E-state index < -0.39 is 0 Å². The van der Waals surface area contributed by atoms with Crippen LogP contribution in [-0.2, 0) is 0 Å². The molecule has 0 saturated carbocycles. The molecular formula is C16H28N2O2. The zero-order valence-electron chi connectivity index (χ0n) is 13.1. The molecule has 4 nitrogen and oxygen atoms in total. The third kappa shape index (κ3) is 5.39. The van der Waals surface area contributed by atoms with Crippen molar-refractivity contribution in [3.8, 4) is 5.75 Å². The SMILES string of the molecule is CCNC(C)(CO)CCCOc1cccc(N(C)C)c1. The highest BCUT2D eigenvalue weighted by atomic mass is 16.5. The van der Waals surface area contributed by atoms with Crippen LogP contribution < -0.4 is 15.0 Å². The van der Waals surface area contributed by atoms with E-state index >= 15 is 0 Å². The Labute approximate surface area is 122 Å². The van der Waals surface area contributed by atoms with E-state index in [1.165, 1.54) is 0 Å². The zero-order chi connectivity index (χ0) is 15.0. The lowest BCUT2D eigenvalue weighted by Gasteiger charge is -2.28. The maximum atomic E-state index is 9.42. The molecule has 0 aliphatic carbocycles. The molecule has 0 aliphatic heterocycles. The molecule has 1 unspecified atom stereocenters. The molecule has 1 aromatic rings. The lowest BCUT2D eigenvalue weighted by Crippen LogP contribution is -2.45. The molecule has 0 aromatic heterocycles. The normalized spacial score (nSPS) is 13.8. The molecule has 0 spiro atoms. The van der Waals surface area contributed by atoms with Crippen LogP contribution in [0.2, 0.25) is 0 Å². The number of rotatable bonds is 9. The first-order chi connectivity index (χ1) is 9.50. The van der Waals surface area contributed by atoms with Gasteiger partial charge in [-0.1, -0.05) is 13.0 Å². The van der Waals surface area contributed by atoms with Gasteiger partial charge in [0.1, 0.15) is 5.75 Å². The number of benzene rings is 1. The van der Waals surface area contributed by atoms with Crippen molar-refractivity contribution in [3.05, 3.63) is 24.3 Å². The summed E-state index contributed by atoms with van der Waals surface area (Å²) < 4.78 is 5.78. The predicted octanol–water partition coefficient (Wildman–Crippen LogP) is 2.27. The fourth-order valence-electron chi connectivity index (χ4n) is 2.15. The molecule has 114 valence electrons. The molecule has 1 aromatic carbocycles. The summed E-state index contributed by atoms with van der Waals surface area (Å²) in [5.74, 6) is 0.894. The summed E-state index contributed by atoms with van der Waals surface area (Å²) >= 11 is 0. The molecule has 0 radical (unpaired) electrons. The van der Waals surface area contributed by atoms with Crippen molar-refractivity contribution in [2.75, 3.05) is 38.8 Å². The molecule has 4 heteroatoms. The van der Waals surface area contributed by atoms with Crippen molar-refractivity contribution in [3.63, 3.8) is 0 Å². The van der Waals surface area contributed by atoms with Gasteiger partial charge in [-0.25, -0.2) is 0 Å². The summed E-state index contributed by atoms with van der Waals surface area (Å²) in [7, 11) is 4.03. The quantitative estimate of drug-likeness (QED) is 0.681. The van der Waals surface area contributed by atoms with Gasteiger partial charge in [-0.2, -0.15) is 0 Å². The van der Waals surface area contributed by atoms with Crippen molar-refractivity contribution >= 4 is 5.69 Å². The second-order valence-electron chi connectivity index (χ2n) is 5.59. The number of likely N-dealkylation sites (N-methyl/N-ethyl adjacent to an activating group) is 1. The van der Waals surface area contributed by atoms with Gasteiger partial charge in [0.15, 0.2) is 0 Å². The van der Waals surface area contributed by atoms with Crippen molar-refractivity contribution in [1.82, 2.24) is 5.32 Å². The van der Waals surface area contributed by atoms with E-state index in [0.29, 0.717) is 6.61 Å². The van der Waals surface area contributed by atoms with Gasteiger partial charge < -0.3 is 20.1 Å². The lowest BCUT2D eigenvalue weighted by atomic mass is 9.97. The van der Waals surface area contributed by atoms with Crippen LogP contribution in [0, 0.1) is 0 Å². The number of ether oxygens (including phenoxy) is 1. The van der Waals surface area contributed by atoms with Crippen LogP contribution in [0.3, 0.4) is 0 Å². The Morgan fingerprint density at radius 2 is 2.10 bits per heavy atom. The number of aliphatic hydroxyl groups excluding tert-OH is 1. The minimum Gasteiger partial charge on any atom is -0.494 e. The fourth-order valence-corrected chi connectivity index (χ4v) is 2.15.